The molecule has 0 spiro atoms. The second-order valence-corrected chi connectivity index (χ2v) is 7.72. The number of piperidine rings is 1. The first kappa shape index (κ1) is 18.6. The normalized spacial score (nSPS) is 15.7. The molecule has 1 N–H and O–H groups in total. The Kier molecular flexibility index (Phi) is 5.09. The van der Waals surface area contributed by atoms with Gasteiger partial charge in [0.25, 0.3) is 0 Å². The van der Waals surface area contributed by atoms with Crippen LogP contribution in [0.25, 0.3) is 16.8 Å². The van der Waals surface area contributed by atoms with Crippen LogP contribution in [-0.2, 0) is 0 Å². The summed E-state index contributed by atoms with van der Waals surface area (Å²) in [5.41, 5.74) is 5.73. The largest absolute Gasteiger partial charge is 0.350 e. The molecule has 7 nitrogen and oxygen atoms in total. The van der Waals surface area contributed by atoms with Gasteiger partial charge in [0.05, 0.1) is 28.8 Å². The molecule has 1 fully saturated rings. The minimum Gasteiger partial charge on any atom is -0.350 e. The van der Waals surface area contributed by atoms with Crippen LogP contribution in [0.1, 0.15) is 32.4 Å². The minimum atomic E-state index is 0.433. The molecule has 146 valence electrons. The van der Waals surface area contributed by atoms with Crippen molar-refractivity contribution in [2.24, 2.45) is 4.99 Å². The number of aromatic nitrogens is 4. The Morgan fingerprint density at radius 2 is 1.96 bits per heavy atom. The molecule has 0 unspecified atom stereocenters. The van der Waals surface area contributed by atoms with Crippen LogP contribution in [0.2, 0.25) is 0 Å². The molecule has 0 bridgehead atoms. The van der Waals surface area contributed by atoms with E-state index in [9.17, 15) is 0 Å². The van der Waals surface area contributed by atoms with Crippen molar-refractivity contribution in [2.75, 3.05) is 25.5 Å². The summed E-state index contributed by atoms with van der Waals surface area (Å²) in [7, 11) is 2.16. The van der Waals surface area contributed by atoms with Crippen molar-refractivity contribution in [2.45, 2.75) is 39.7 Å². The molecule has 0 aliphatic carbocycles. The lowest BCUT2D eigenvalue weighted by Gasteiger charge is -2.29. The molecule has 1 saturated heterocycles. The van der Waals surface area contributed by atoms with Crippen molar-refractivity contribution < 1.29 is 0 Å². The van der Waals surface area contributed by atoms with Crippen LogP contribution in [0.4, 0.5) is 11.6 Å². The summed E-state index contributed by atoms with van der Waals surface area (Å²) in [6, 6.07) is 6.50. The van der Waals surface area contributed by atoms with E-state index in [0.29, 0.717) is 12.0 Å². The summed E-state index contributed by atoms with van der Waals surface area (Å²) in [6.07, 6.45) is 6.07. The van der Waals surface area contributed by atoms with E-state index >= 15 is 0 Å². The SMILES string of the molecule is CC(C)=Nc1ccc(-c2ccn3nc(NC4CCN(C)CC4)ncc23)nc1C. The van der Waals surface area contributed by atoms with Crippen molar-refractivity contribution >= 4 is 22.9 Å². The zero-order chi connectivity index (χ0) is 19.7. The van der Waals surface area contributed by atoms with Crippen molar-refractivity contribution in [3.8, 4) is 11.3 Å². The van der Waals surface area contributed by atoms with E-state index in [0.717, 1.165) is 59.8 Å². The maximum absolute atomic E-state index is 4.75. The lowest BCUT2D eigenvalue weighted by molar-refractivity contribution is 0.263. The number of pyridine rings is 1. The molecule has 1 aliphatic heterocycles. The maximum atomic E-state index is 4.75. The van der Waals surface area contributed by atoms with E-state index < -0.39 is 0 Å². The number of hydrogen-bond donors (Lipinski definition) is 1. The van der Waals surface area contributed by atoms with Crippen LogP contribution < -0.4 is 5.32 Å². The van der Waals surface area contributed by atoms with Gasteiger partial charge in [-0.05, 0) is 71.9 Å². The second kappa shape index (κ2) is 7.67. The highest BCUT2D eigenvalue weighted by Gasteiger charge is 2.18. The van der Waals surface area contributed by atoms with Crippen molar-refractivity contribution in [3.63, 3.8) is 0 Å². The van der Waals surface area contributed by atoms with Gasteiger partial charge in [0, 0.05) is 23.5 Å². The summed E-state index contributed by atoms with van der Waals surface area (Å²) >= 11 is 0. The zero-order valence-electron chi connectivity index (χ0n) is 17.0. The number of aryl methyl sites for hydroxylation is 1. The minimum absolute atomic E-state index is 0.433. The Bertz CT molecular complexity index is 1010. The number of nitrogens with one attached hydrogen (secondary N) is 1. The smallest absolute Gasteiger partial charge is 0.241 e. The molecular weight excluding hydrogens is 350 g/mol. The fourth-order valence-electron chi connectivity index (χ4n) is 3.58. The van der Waals surface area contributed by atoms with Crippen LogP contribution in [0.5, 0.6) is 0 Å². The first-order chi connectivity index (χ1) is 13.5. The third-order valence-electron chi connectivity index (χ3n) is 5.15. The molecule has 28 heavy (non-hydrogen) atoms. The molecule has 0 amide bonds. The standard InChI is InChI=1S/C21H27N7/c1-14(2)23-18-5-6-19(24-15(18)3)17-9-12-28-20(17)13-22-21(26-28)25-16-7-10-27(4)11-8-16/h5-6,9,12-13,16H,7-8,10-11H2,1-4H3,(H,25,26). The Morgan fingerprint density at radius 1 is 1.18 bits per heavy atom. The Balaban J connectivity index is 1.58. The van der Waals surface area contributed by atoms with Crippen molar-refractivity contribution in [1.29, 1.82) is 0 Å². The molecule has 0 aromatic carbocycles. The molecule has 0 radical (unpaired) electrons. The molecule has 4 heterocycles. The molecule has 1 aliphatic rings. The Labute approximate surface area is 165 Å². The predicted octanol–water partition coefficient (Wildman–Crippen LogP) is 3.72. The van der Waals surface area contributed by atoms with Crippen LogP contribution in [0.15, 0.2) is 35.6 Å². The Morgan fingerprint density at radius 3 is 2.68 bits per heavy atom. The van der Waals surface area contributed by atoms with Gasteiger partial charge in [0.2, 0.25) is 5.95 Å². The van der Waals surface area contributed by atoms with E-state index in [1.54, 1.807) is 0 Å². The van der Waals surface area contributed by atoms with Crippen molar-refractivity contribution in [1.82, 2.24) is 24.5 Å². The van der Waals surface area contributed by atoms with Gasteiger partial charge < -0.3 is 10.2 Å². The molecule has 3 aromatic rings. The summed E-state index contributed by atoms with van der Waals surface area (Å²) in [5.74, 6) is 0.677. The summed E-state index contributed by atoms with van der Waals surface area (Å²) < 4.78 is 1.87. The topological polar surface area (TPSA) is 70.7 Å². The van der Waals surface area contributed by atoms with Crippen LogP contribution in [0.3, 0.4) is 0 Å². The first-order valence-corrected chi connectivity index (χ1v) is 9.79. The van der Waals surface area contributed by atoms with Crippen LogP contribution >= 0.6 is 0 Å². The van der Waals surface area contributed by atoms with Gasteiger partial charge >= 0.3 is 0 Å². The summed E-state index contributed by atoms with van der Waals surface area (Å²) in [4.78, 5) is 16.2. The third kappa shape index (κ3) is 3.89. The van der Waals surface area contributed by atoms with E-state index in [4.69, 9.17) is 4.98 Å². The Hall–Kier alpha value is -2.80. The van der Waals surface area contributed by atoms with E-state index in [1.165, 1.54) is 0 Å². The zero-order valence-corrected chi connectivity index (χ0v) is 17.0. The average Bonchev–Trinajstić information content (AvgIpc) is 3.08. The highest BCUT2D eigenvalue weighted by molar-refractivity contribution is 5.83. The third-order valence-corrected chi connectivity index (χ3v) is 5.15. The monoisotopic (exact) mass is 377 g/mol. The number of nitrogens with zero attached hydrogens (tertiary/aromatic N) is 6. The number of anilines is 1. The number of aliphatic imine (C=N–C) groups is 1. The van der Waals surface area contributed by atoms with Crippen molar-refractivity contribution in [3.05, 3.63) is 36.3 Å². The number of hydrogen-bond acceptors (Lipinski definition) is 6. The van der Waals surface area contributed by atoms with Gasteiger partial charge in [-0.3, -0.25) is 9.98 Å². The fraction of sp³-hybridized carbons (Fsp3) is 0.429. The summed E-state index contributed by atoms with van der Waals surface area (Å²) in [6.45, 7) is 8.18. The molecule has 3 aromatic heterocycles. The first-order valence-electron chi connectivity index (χ1n) is 9.79. The molecule has 0 saturated carbocycles. The number of fused-ring (bicyclic) bond motifs is 1. The quantitative estimate of drug-likeness (QED) is 0.702. The van der Waals surface area contributed by atoms with Gasteiger partial charge in [-0.15, -0.1) is 5.10 Å². The average molecular weight is 377 g/mol. The van der Waals surface area contributed by atoms with Crippen LogP contribution in [0, 0.1) is 6.92 Å². The fourth-order valence-corrected chi connectivity index (χ4v) is 3.58. The molecule has 4 rings (SSSR count). The summed E-state index contributed by atoms with van der Waals surface area (Å²) in [5, 5.41) is 8.12. The van der Waals surface area contributed by atoms with E-state index in [1.807, 2.05) is 55.9 Å². The molecular formula is C21H27N7. The van der Waals surface area contributed by atoms with Gasteiger partial charge in [0.15, 0.2) is 0 Å². The van der Waals surface area contributed by atoms with E-state index in [-0.39, 0.29) is 0 Å². The van der Waals surface area contributed by atoms with Gasteiger partial charge in [0.1, 0.15) is 0 Å². The van der Waals surface area contributed by atoms with Gasteiger partial charge in [-0.2, -0.15) is 0 Å². The van der Waals surface area contributed by atoms with Gasteiger partial charge in [-0.25, -0.2) is 9.50 Å². The van der Waals surface area contributed by atoms with E-state index in [2.05, 4.69) is 32.3 Å². The van der Waals surface area contributed by atoms with Gasteiger partial charge in [-0.1, -0.05) is 0 Å². The lowest BCUT2D eigenvalue weighted by atomic mass is 10.1. The molecule has 7 heteroatoms. The molecule has 0 atom stereocenters. The second-order valence-electron chi connectivity index (χ2n) is 7.72. The maximum Gasteiger partial charge on any atom is 0.241 e. The number of likely N-dealkylation sites (tertiary alicyclic amines) is 1. The predicted molar refractivity (Wildman–Crippen MR) is 114 cm³/mol. The number of rotatable bonds is 4. The highest BCUT2D eigenvalue weighted by Crippen LogP contribution is 2.27. The highest BCUT2D eigenvalue weighted by atomic mass is 15.3. The van der Waals surface area contributed by atoms with Crippen LogP contribution in [-0.4, -0.2) is 56.4 Å². The lowest BCUT2D eigenvalue weighted by Crippen LogP contribution is -2.37.